The summed E-state index contributed by atoms with van der Waals surface area (Å²) in [6.45, 7) is 4.04. The number of carbonyl (C=O) groups is 1. The lowest BCUT2D eigenvalue weighted by Gasteiger charge is -2.19. The number of hydrogen-bond acceptors (Lipinski definition) is 4. The van der Waals surface area contributed by atoms with Gasteiger partial charge < -0.3 is 15.6 Å². The molecule has 160 valence electrons. The molecule has 3 N–H and O–H groups in total. The fraction of sp³-hybridized carbons (Fsp3) is 0.250. The number of aryl methyl sites for hydroxylation is 1. The molecule has 1 aliphatic heterocycles. The van der Waals surface area contributed by atoms with E-state index in [1.165, 1.54) is 0 Å². The molecule has 0 fully saturated rings. The molecule has 0 aliphatic carbocycles. The van der Waals surface area contributed by atoms with Crippen LogP contribution in [-0.2, 0) is 0 Å². The number of aliphatic imine (C=N–C) groups is 1. The topological polar surface area (TPSA) is 89.8 Å². The summed E-state index contributed by atoms with van der Waals surface area (Å²) in [5, 5.41) is 11.3. The van der Waals surface area contributed by atoms with Crippen molar-refractivity contribution in [1.29, 1.82) is 0 Å². The second-order valence-electron chi connectivity index (χ2n) is 7.63. The highest BCUT2D eigenvalue weighted by Crippen LogP contribution is 2.43. The van der Waals surface area contributed by atoms with Crippen LogP contribution in [0.15, 0.2) is 51.9 Å². The molecule has 0 saturated heterocycles. The number of amides is 1. The van der Waals surface area contributed by atoms with Crippen LogP contribution in [0.4, 0.5) is 0 Å². The van der Waals surface area contributed by atoms with E-state index in [-0.39, 0.29) is 11.8 Å². The molecule has 1 aromatic heterocycles. The van der Waals surface area contributed by atoms with Crippen LogP contribution in [0, 0.1) is 6.92 Å². The van der Waals surface area contributed by atoms with E-state index < -0.39 is 6.17 Å². The van der Waals surface area contributed by atoms with Crippen LogP contribution in [-0.4, -0.2) is 28.4 Å². The maximum absolute atomic E-state index is 13.1. The summed E-state index contributed by atoms with van der Waals surface area (Å²) < 4.78 is 7.71. The molecule has 31 heavy (non-hydrogen) atoms. The number of hydrogen-bond donors (Lipinski definition) is 2. The Bertz CT molecular complexity index is 1200. The Labute approximate surface area is 189 Å². The maximum Gasteiger partial charge on any atom is 0.280 e. The van der Waals surface area contributed by atoms with Gasteiger partial charge in [0.15, 0.2) is 0 Å². The van der Waals surface area contributed by atoms with Gasteiger partial charge in [-0.05, 0) is 53.0 Å². The van der Waals surface area contributed by atoms with Gasteiger partial charge in [-0.3, -0.25) is 9.36 Å². The molecule has 2 aromatic carbocycles. The van der Waals surface area contributed by atoms with E-state index in [0.717, 1.165) is 22.0 Å². The number of rotatable bonds is 6. The van der Waals surface area contributed by atoms with Gasteiger partial charge in [-0.2, -0.15) is 0 Å². The lowest BCUT2D eigenvalue weighted by Crippen LogP contribution is -2.19. The number of aromatic nitrogens is 1. The number of fused-ring (bicyclic) bond motifs is 1. The van der Waals surface area contributed by atoms with E-state index >= 15 is 0 Å². The van der Waals surface area contributed by atoms with Crippen LogP contribution >= 0.6 is 15.9 Å². The zero-order chi connectivity index (χ0) is 22.3. The zero-order valence-corrected chi connectivity index (χ0v) is 19.2. The Kier molecular flexibility index (Phi) is 5.73. The van der Waals surface area contributed by atoms with Crippen molar-refractivity contribution >= 4 is 27.5 Å². The third-order valence-corrected chi connectivity index (χ3v) is 6.13. The van der Waals surface area contributed by atoms with E-state index in [1.807, 2.05) is 50.2 Å². The molecule has 1 atom stereocenters. The number of methoxy groups -OCH3 is 1. The van der Waals surface area contributed by atoms with Gasteiger partial charge in [0.2, 0.25) is 5.88 Å². The van der Waals surface area contributed by atoms with E-state index in [4.69, 9.17) is 10.5 Å². The molecular formula is C24H24BrN3O3. The Hall–Kier alpha value is -2.90. The van der Waals surface area contributed by atoms with Gasteiger partial charge in [0.05, 0.1) is 40.3 Å². The van der Waals surface area contributed by atoms with Crippen molar-refractivity contribution in [2.24, 2.45) is 10.7 Å². The molecule has 3 aromatic rings. The average molecular weight is 482 g/mol. The fourth-order valence-electron chi connectivity index (χ4n) is 3.99. The normalized spacial score (nSPS) is 13.8. The second kappa shape index (κ2) is 8.32. The van der Waals surface area contributed by atoms with Crippen molar-refractivity contribution in [3.63, 3.8) is 0 Å². The first-order chi connectivity index (χ1) is 14.9. The monoisotopic (exact) mass is 481 g/mol. The van der Waals surface area contributed by atoms with Crippen LogP contribution in [0.1, 0.15) is 53.0 Å². The first-order valence-corrected chi connectivity index (χ1v) is 10.9. The summed E-state index contributed by atoms with van der Waals surface area (Å²) in [6, 6.07) is 13.3. The SMILES string of the molecule is CCCC(N)n1c(O)c2c(c1-c1ccc(C)cc1)C(=O)N=C2c1ccc(OC)c(Br)c1. The molecule has 0 saturated carbocycles. The summed E-state index contributed by atoms with van der Waals surface area (Å²) in [5.41, 5.74) is 10.9. The Morgan fingerprint density at radius 3 is 2.45 bits per heavy atom. The minimum atomic E-state index is -0.469. The first kappa shape index (κ1) is 21.3. The maximum atomic E-state index is 13.1. The molecule has 0 spiro atoms. The van der Waals surface area contributed by atoms with Crippen molar-refractivity contribution < 1.29 is 14.6 Å². The van der Waals surface area contributed by atoms with Gasteiger partial charge >= 0.3 is 0 Å². The molecule has 0 bridgehead atoms. The highest BCUT2D eigenvalue weighted by Gasteiger charge is 2.37. The summed E-state index contributed by atoms with van der Waals surface area (Å²) in [6.07, 6.45) is 1.04. The van der Waals surface area contributed by atoms with Crippen LogP contribution in [0.3, 0.4) is 0 Å². The van der Waals surface area contributed by atoms with Gasteiger partial charge in [-0.15, -0.1) is 0 Å². The zero-order valence-electron chi connectivity index (χ0n) is 17.6. The second-order valence-corrected chi connectivity index (χ2v) is 8.48. The Morgan fingerprint density at radius 2 is 1.84 bits per heavy atom. The number of nitrogens with two attached hydrogens (primary N) is 1. The molecule has 6 nitrogen and oxygen atoms in total. The summed E-state index contributed by atoms with van der Waals surface area (Å²) in [4.78, 5) is 17.4. The number of nitrogens with zero attached hydrogens (tertiary/aromatic N) is 2. The fourth-order valence-corrected chi connectivity index (χ4v) is 4.53. The number of aromatic hydroxyl groups is 1. The first-order valence-electron chi connectivity index (χ1n) is 10.1. The third kappa shape index (κ3) is 3.58. The Balaban J connectivity index is 1.95. The van der Waals surface area contributed by atoms with Crippen LogP contribution in [0.2, 0.25) is 0 Å². The van der Waals surface area contributed by atoms with Gasteiger partial charge in [0, 0.05) is 5.56 Å². The van der Waals surface area contributed by atoms with Crippen molar-refractivity contribution in [3.05, 3.63) is 69.2 Å². The number of ether oxygens (including phenoxy) is 1. The van der Waals surface area contributed by atoms with Crippen LogP contribution in [0.25, 0.3) is 11.3 Å². The minimum absolute atomic E-state index is 0.0388. The van der Waals surface area contributed by atoms with E-state index in [0.29, 0.717) is 40.3 Å². The van der Waals surface area contributed by atoms with Crippen LogP contribution in [0.5, 0.6) is 11.6 Å². The average Bonchev–Trinajstić information content (AvgIpc) is 3.24. The van der Waals surface area contributed by atoms with Gasteiger partial charge in [0.1, 0.15) is 5.75 Å². The number of carbonyl (C=O) groups excluding carboxylic acids is 1. The lowest BCUT2D eigenvalue weighted by atomic mass is 9.99. The third-order valence-electron chi connectivity index (χ3n) is 5.51. The van der Waals surface area contributed by atoms with Crippen molar-refractivity contribution in [1.82, 2.24) is 4.57 Å². The standard InChI is InChI=1S/C24H24BrN3O3/c1-4-5-18(26)28-22(14-8-6-13(2)7-9-14)20-19(24(28)30)21(27-23(20)29)15-10-11-17(31-3)16(25)12-15/h6-12,18,30H,4-5,26H2,1-3H3. The molecule has 1 unspecified atom stereocenters. The predicted molar refractivity (Wildman–Crippen MR) is 125 cm³/mol. The van der Waals surface area contributed by atoms with Crippen LogP contribution < -0.4 is 10.5 Å². The Morgan fingerprint density at radius 1 is 1.16 bits per heavy atom. The minimum Gasteiger partial charge on any atom is -0.496 e. The molecule has 2 heterocycles. The van der Waals surface area contributed by atoms with Gasteiger partial charge in [0.25, 0.3) is 5.91 Å². The van der Waals surface area contributed by atoms with Gasteiger partial charge in [-0.1, -0.05) is 43.2 Å². The molecular weight excluding hydrogens is 458 g/mol. The molecule has 4 rings (SSSR count). The summed E-state index contributed by atoms with van der Waals surface area (Å²) in [7, 11) is 1.59. The summed E-state index contributed by atoms with van der Waals surface area (Å²) in [5.74, 6) is 0.245. The highest BCUT2D eigenvalue weighted by molar-refractivity contribution is 9.10. The van der Waals surface area contributed by atoms with E-state index in [1.54, 1.807) is 17.7 Å². The number of benzene rings is 2. The number of halogens is 1. The lowest BCUT2D eigenvalue weighted by molar-refractivity contribution is 0.101. The summed E-state index contributed by atoms with van der Waals surface area (Å²) >= 11 is 3.48. The molecule has 0 radical (unpaired) electrons. The van der Waals surface area contributed by atoms with Crippen molar-refractivity contribution in [2.75, 3.05) is 7.11 Å². The van der Waals surface area contributed by atoms with Gasteiger partial charge in [-0.25, -0.2) is 4.99 Å². The largest absolute Gasteiger partial charge is 0.496 e. The molecule has 1 aliphatic rings. The smallest absolute Gasteiger partial charge is 0.280 e. The van der Waals surface area contributed by atoms with Crippen molar-refractivity contribution in [3.8, 4) is 22.9 Å². The van der Waals surface area contributed by atoms with E-state index in [9.17, 15) is 9.90 Å². The predicted octanol–water partition coefficient (Wildman–Crippen LogP) is 5.19. The molecule has 7 heteroatoms. The van der Waals surface area contributed by atoms with E-state index in [2.05, 4.69) is 20.9 Å². The highest BCUT2D eigenvalue weighted by atomic mass is 79.9. The van der Waals surface area contributed by atoms with Crippen molar-refractivity contribution in [2.45, 2.75) is 32.9 Å². The quantitative estimate of drug-likeness (QED) is 0.506. The molecule has 1 amide bonds.